The molecule has 21 heavy (non-hydrogen) atoms. The molecule has 7 heteroatoms. The lowest BCUT2D eigenvalue weighted by atomic mass is 10.0. The van der Waals surface area contributed by atoms with Crippen molar-refractivity contribution in [1.29, 1.82) is 0 Å². The minimum atomic E-state index is -3.35. The van der Waals surface area contributed by atoms with Crippen LogP contribution in [0.5, 0.6) is 0 Å². The van der Waals surface area contributed by atoms with Crippen molar-refractivity contribution in [2.24, 2.45) is 0 Å². The fraction of sp³-hybridized carbons (Fsp3) is 0.500. The molecule has 0 fully saturated rings. The molecular formula is C14H23N3O3S. The number of likely N-dealkylation sites (N-methyl/N-ethyl adjacent to an activating group) is 1. The first-order valence-corrected chi connectivity index (χ1v) is 8.53. The minimum absolute atomic E-state index is 0.0355. The Morgan fingerprint density at radius 2 is 1.90 bits per heavy atom. The number of hydrogen-bond donors (Lipinski definition) is 2. The lowest BCUT2D eigenvalue weighted by molar-refractivity contribution is -0.120. The summed E-state index contributed by atoms with van der Waals surface area (Å²) >= 11 is 0. The molecule has 1 atom stereocenters. The van der Waals surface area contributed by atoms with Gasteiger partial charge in [0, 0.05) is 6.54 Å². The molecule has 1 aromatic rings. The van der Waals surface area contributed by atoms with Gasteiger partial charge in [-0.05, 0) is 32.1 Å². The number of aryl methyl sites for hydroxylation is 1. The quantitative estimate of drug-likeness (QED) is 0.757. The zero-order valence-electron chi connectivity index (χ0n) is 12.9. The second kappa shape index (κ2) is 7.53. The number of nitrogens with one attached hydrogen (secondary N) is 2. The maximum atomic E-state index is 11.7. The molecule has 0 aromatic heterocycles. The summed E-state index contributed by atoms with van der Waals surface area (Å²) in [5.41, 5.74) is 2.29. The van der Waals surface area contributed by atoms with Crippen LogP contribution in [0.3, 0.4) is 0 Å². The van der Waals surface area contributed by atoms with Gasteiger partial charge in [-0.3, -0.25) is 4.79 Å². The van der Waals surface area contributed by atoms with Gasteiger partial charge in [-0.15, -0.1) is 0 Å². The van der Waals surface area contributed by atoms with Crippen molar-refractivity contribution in [3.8, 4) is 0 Å². The number of sulfonamides is 1. The minimum Gasteiger partial charge on any atom is -0.353 e. The van der Waals surface area contributed by atoms with Crippen LogP contribution in [0.25, 0.3) is 0 Å². The summed E-state index contributed by atoms with van der Waals surface area (Å²) in [6, 6.07) is 8.03. The zero-order chi connectivity index (χ0) is 16.0. The van der Waals surface area contributed by atoms with E-state index >= 15 is 0 Å². The number of amides is 1. The number of nitrogens with zero attached hydrogens (tertiary/aromatic N) is 1. The molecule has 6 nitrogen and oxygen atoms in total. The smallest absolute Gasteiger partial charge is 0.235 e. The molecule has 0 spiro atoms. The van der Waals surface area contributed by atoms with E-state index in [4.69, 9.17) is 0 Å². The van der Waals surface area contributed by atoms with E-state index < -0.39 is 10.0 Å². The standard InChI is InChI=1S/C14H23N3O3S/c1-11-7-5-6-8-12(11)13(17(2)3)9-15-14(18)10-16-21(4,19)20/h5-8,13,16H,9-10H2,1-4H3,(H,15,18). The summed E-state index contributed by atoms with van der Waals surface area (Å²) in [7, 11) is 0.531. The number of benzene rings is 1. The molecule has 1 rings (SSSR count). The second-order valence-electron chi connectivity index (χ2n) is 5.23. The lowest BCUT2D eigenvalue weighted by Crippen LogP contribution is -2.40. The summed E-state index contributed by atoms with van der Waals surface area (Å²) in [6.07, 6.45) is 1.02. The molecule has 0 aliphatic rings. The average Bonchev–Trinajstić information content (AvgIpc) is 2.37. The van der Waals surface area contributed by atoms with Crippen LogP contribution in [0, 0.1) is 6.92 Å². The summed E-state index contributed by atoms with van der Waals surface area (Å²) < 4.78 is 24.1. The number of hydrogen-bond acceptors (Lipinski definition) is 4. The summed E-state index contributed by atoms with van der Waals surface area (Å²) in [5, 5.41) is 2.75. The van der Waals surface area contributed by atoms with Gasteiger partial charge in [0.05, 0.1) is 18.8 Å². The fourth-order valence-electron chi connectivity index (χ4n) is 2.00. The Kier molecular flexibility index (Phi) is 6.32. The van der Waals surface area contributed by atoms with E-state index in [-0.39, 0.29) is 18.5 Å². The molecular weight excluding hydrogens is 290 g/mol. The SMILES string of the molecule is Cc1ccccc1C(CNC(=O)CNS(C)(=O)=O)N(C)C. The van der Waals surface area contributed by atoms with Gasteiger partial charge >= 0.3 is 0 Å². The Hall–Kier alpha value is -1.44. The van der Waals surface area contributed by atoms with Crippen LogP contribution >= 0.6 is 0 Å². The summed E-state index contributed by atoms with van der Waals surface area (Å²) in [6.45, 7) is 2.20. The van der Waals surface area contributed by atoms with Crippen LogP contribution in [-0.4, -0.2) is 52.7 Å². The van der Waals surface area contributed by atoms with Crippen molar-refractivity contribution in [3.63, 3.8) is 0 Å². The Bertz CT molecular complexity index is 585. The van der Waals surface area contributed by atoms with Crippen molar-refractivity contribution in [3.05, 3.63) is 35.4 Å². The predicted molar refractivity (Wildman–Crippen MR) is 83.5 cm³/mol. The van der Waals surface area contributed by atoms with E-state index in [0.717, 1.165) is 17.4 Å². The van der Waals surface area contributed by atoms with Crippen LogP contribution < -0.4 is 10.0 Å². The van der Waals surface area contributed by atoms with Crippen LogP contribution in [0.15, 0.2) is 24.3 Å². The summed E-state index contributed by atoms with van der Waals surface area (Å²) in [4.78, 5) is 13.7. The highest BCUT2D eigenvalue weighted by Crippen LogP contribution is 2.20. The molecule has 0 saturated heterocycles. The second-order valence-corrected chi connectivity index (χ2v) is 7.07. The van der Waals surface area contributed by atoms with Gasteiger partial charge in [-0.25, -0.2) is 13.1 Å². The van der Waals surface area contributed by atoms with Gasteiger partial charge < -0.3 is 10.2 Å². The van der Waals surface area contributed by atoms with Crippen molar-refractivity contribution in [2.45, 2.75) is 13.0 Å². The van der Waals surface area contributed by atoms with Crippen LogP contribution in [0.1, 0.15) is 17.2 Å². The highest BCUT2D eigenvalue weighted by molar-refractivity contribution is 7.88. The van der Waals surface area contributed by atoms with Gasteiger partial charge in [0.25, 0.3) is 0 Å². The summed E-state index contributed by atoms with van der Waals surface area (Å²) in [5.74, 6) is -0.346. The normalized spacial score (nSPS) is 13.2. The maximum absolute atomic E-state index is 11.7. The molecule has 0 saturated carbocycles. The van der Waals surface area contributed by atoms with Crippen LogP contribution in [0.4, 0.5) is 0 Å². The largest absolute Gasteiger partial charge is 0.353 e. The highest BCUT2D eigenvalue weighted by atomic mass is 32.2. The Labute approximate surface area is 126 Å². The third kappa shape index (κ3) is 6.24. The third-order valence-corrected chi connectivity index (χ3v) is 3.83. The number of carbonyl (C=O) groups excluding carboxylic acids is 1. The van der Waals surface area contributed by atoms with Crippen molar-refractivity contribution in [1.82, 2.24) is 14.9 Å². The van der Waals surface area contributed by atoms with E-state index in [0.29, 0.717) is 6.54 Å². The zero-order valence-corrected chi connectivity index (χ0v) is 13.7. The Morgan fingerprint density at radius 1 is 1.29 bits per heavy atom. The van der Waals surface area contributed by atoms with Gasteiger partial charge in [-0.2, -0.15) is 0 Å². The topological polar surface area (TPSA) is 78.5 Å². The Morgan fingerprint density at radius 3 is 2.43 bits per heavy atom. The molecule has 1 unspecified atom stereocenters. The molecule has 0 aliphatic carbocycles. The van der Waals surface area contributed by atoms with Gasteiger partial charge in [0.2, 0.25) is 15.9 Å². The van der Waals surface area contributed by atoms with Crippen molar-refractivity contribution >= 4 is 15.9 Å². The molecule has 118 valence electrons. The monoisotopic (exact) mass is 313 g/mol. The molecule has 2 N–H and O–H groups in total. The third-order valence-electron chi connectivity index (χ3n) is 3.16. The first-order chi connectivity index (χ1) is 9.70. The van der Waals surface area contributed by atoms with Gasteiger partial charge in [0.15, 0.2) is 0 Å². The molecule has 1 amide bonds. The molecule has 0 heterocycles. The first-order valence-electron chi connectivity index (χ1n) is 6.64. The van der Waals surface area contributed by atoms with Gasteiger partial charge in [0.1, 0.15) is 0 Å². The van der Waals surface area contributed by atoms with Crippen LogP contribution in [-0.2, 0) is 14.8 Å². The molecule has 1 aromatic carbocycles. The van der Waals surface area contributed by atoms with E-state index in [2.05, 4.69) is 10.0 Å². The highest BCUT2D eigenvalue weighted by Gasteiger charge is 2.17. The molecule has 0 bridgehead atoms. The van der Waals surface area contributed by atoms with E-state index in [9.17, 15) is 13.2 Å². The first kappa shape index (κ1) is 17.6. The molecule has 0 aliphatic heterocycles. The van der Waals surface area contributed by atoms with Crippen LogP contribution in [0.2, 0.25) is 0 Å². The van der Waals surface area contributed by atoms with E-state index in [1.54, 1.807) is 0 Å². The fourth-order valence-corrected chi connectivity index (χ4v) is 2.39. The average molecular weight is 313 g/mol. The number of carbonyl (C=O) groups is 1. The molecule has 0 radical (unpaired) electrons. The van der Waals surface area contributed by atoms with E-state index in [1.807, 2.05) is 50.2 Å². The predicted octanol–water partition coefficient (Wildman–Crippen LogP) is 0.263. The lowest BCUT2D eigenvalue weighted by Gasteiger charge is -2.26. The Balaban J connectivity index is 2.65. The van der Waals surface area contributed by atoms with Crippen molar-refractivity contribution in [2.75, 3.05) is 33.4 Å². The van der Waals surface area contributed by atoms with E-state index in [1.165, 1.54) is 0 Å². The van der Waals surface area contributed by atoms with Crippen molar-refractivity contribution < 1.29 is 13.2 Å². The number of rotatable bonds is 7. The maximum Gasteiger partial charge on any atom is 0.235 e. The van der Waals surface area contributed by atoms with Gasteiger partial charge in [-0.1, -0.05) is 24.3 Å².